The molecule has 0 bridgehead atoms. The zero-order valence-electron chi connectivity index (χ0n) is 10.7. The van der Waals surface area contributed by atoms with Crippen LogP contribution < -0.4 is 5.32 Å². The molecule has 1 N–H and O–H groups in total. The zero-order valence-corrected chi connectivity index (χ0v) is 12.3. The van der Waals surface area contributed by atoms with Crippen molar-refractivity contribution in [2.75, 3.05) is 5.32 Å². The normalized spacial score (nSPS) is 12.9. The van der Waals surface area contributed by atoms with Crippen molar-refractivity contribution in [3.05, 3.63) is 40.9 Å². The highest BCUT2D eigenvalue weighted by Crippen LogP contribution is 2.48. The standard InChI is InChI=1S/C15H12N2S2/c1-8-7-12-14(15-13(8)16-9(2)18-15)17-10-5-3-4-6-11(10)19-12/h3-7,17H,1-2H3. The van der Waals surface area contributed by atoms with Crippen molar-refractivity contribution in [1.82, 2.24) is 4.98 Å². The Morgan fingerprint density at radius 2 is 1.95 bits per heavy atom. The van der Waals surface area contributed by atoms with E-state index in [2.05, 4.69) is 54.5 Å². The monoisotopic (exact) mass is 284 g/mol. The quantitative estimate of drug-likeness (QED) is 0.485. The molecule has 1 aliphatic rings. The molecular formula is C15H12N2S2. The molecule has 0 radical (unpaired) electrons. The van der Waals surface area contributed by atoms with E-state index < -0.39 is 0 Å². The number of aryl methyl sites for hydroxylation is 2. The van der Waals surface area contributed by atoms with E-state index in [4.69, 9.17) is 0 Å². The lowest BCUT2D eigenvalue weighted by molar-refractivity contribution is 1.28. The maximum Gasteiger partial charge on any atom is 0.0908 e. The highest BCUT2D eigenvalue weighted by molar-refractivity contribution is 7.99. The minimum Gasteiger partial charge on any atom is -0.352 e. The van der Waals surface area contributed by atoms with Gasteiger partial charge in [0.2, 0.25) is 0 Å². The smallest absolute Gasteiger partial charge is 0.0908 e. The molecule has 0 saturated carbocycles. The van der Waals surface area contributed by atoms with E-state index in [0.29, 0.717) is 0 Å². The fourth-order valence-corrected chi connectivity index (χ4v) is 4.59. The molecule has 1 aliphatic heterocycles. The van der Waals surface area contributed by atoms with E-state index in [9.17, 15) is 0 Å². The first-order chi connectivity index (χ1) is 9.22. The third-order valence-corrected chi connectivity index (χ3v) is 5.40. The maximum atomic E-state index is 4.65. The molecule has 94 valence electrons. The highest BCUT2D eigenvalue weighted by atomic mass is 32.2. The van der Waals surface area contributed by atoms with Gasteiger partial charge in [-0.05, 0) is 37.6 Å². The van der Waals surface area contributed by atoms with Gasteiger partial charge in [-0.25, -0.2) is 4.98 Å². The number of hydrogen-bond acceptors (Lipinski definition) is 4. The van der Waals surface area contributed by atoms with Crippen LogP contribution in [0.4, 0.5) is 11.4 Å². The Morgan fingerprint density at radius 3 is 2.84 bits per heavy atom. The summed E-state index contributed by atoms with van der Waals surface area (Å²) in [5.41, 5.74) is 4.80. The summed E-state index contributed by atoms with van der Waals surface area (Å²) in [6.45, 7) is 4.21. The summed E-state index contributed by atoms with van der Waals surface area (Å²) in [5, 5.41) is 4.70. The van der Waals surface area contributed by atoms with Crippen molar-refractivity contribution in [2.45, 2.75) is 23.6 Å². The summed E-state index contributed by atoms with van der Waals surface area (Å²) in [7, 11) is 0. The predicted octanol–water partition coefficient (Wildman–Crippen LogP) is 5.12. The molecule has 2 aromatic carbocycles. The van der Waals surface area contributed by atoms with Crippen LogP contribution in [0.2, 0.25) is 0 Å². The van der Waals surface area contributed by atoms with Gasteiger partial charge in [0, 0.05) is 9.79 Å². The molecule has 2 heterocycles. The fourth-order valence-electron chi connectivity index (χ4n) is 2.42. The second-order valence-electron chi connectivity index (χ2n) is 4.70. The topological polar surface area (TPSA) is 24.9 Å². The van der Waals surface area contributed by atoms with Crippen molar-refractivity contribution in [3.63, 3.8) is 0 Å². The van der Waals surface area contributed by atoms with Crippen LogP contribution in [0.5, 0.6) is 0 Å². The number of nitrogens with one attached hydrogen (secondary N) is 1. The summed E-state index contributed by atoms with van der Waals surface area (Å²) < 4.78 is 1.27. The largest absolute Gasteiger partial charge is 0.352 e. The summed E-state index contributed by atoms with van der Waals surface area (Å²) in [6.07, 6.45) is 0. The molecule has 0 saturated heterocycles. The first-order valence-corrected chi connectivity index (χ1v) is 7.80. The van der Waals surface area contributed by atoms with E-state index in [1.807, 2.05) is 11.8 Å². The number of fused-ring (bicyclic) bond motifs is 4. The Kier molecular flexibility index (Phi) is 2.37. The summed E-state index contributed by atoms with van der Waals surface area (Å²) in [4.78, 5) is 7.23. The van der Waals surface area contributed by atoms with Gasteiger partial charge in [-0.2, -0.15) is 0 Å². The van der Waals surface area contributed by atoms with Crippen LogP contribution in [0.25, 0.3) is 10.2 Å². The number of nitrogens with zero attached hydrogens (tertiary/aromatic N) is 1. The van der Waals surface area contributed by atoms with Gasteiger partial charge in [-0.1, -0.05) is 23.9 Å². The molecule has 3 aromatic rings. The third kappa shape index (κ3) is 1.67. The van der Waals surface area contributed by atoms with Gasteiger partial charge < -0.3 is 5.32 Å². The second-order valence-corrected chi connectivity index (χ2v) is 6.99. The van der Waals surface area contributed by atoms with Gasteiger partial charge >= 0.3 is 0 Å². The first kappa shape index (κ1) is 11.3. The van der Waals surface area contributed by atoms with Gasteiger partial charge in [0.15, 0.2) is 0 Å². The lowest BCUT2D eigenvalue weighted by Gasteiger charge is -2.21. The van der Waals surface area contributed by atoms with Crippen LogP contribution in [0, 0.1) is 13.8 Å². The Morgan fingerprint density at radius 1 is 1.11 bits per heavy atom. The fraction of sp³-hybridized carbons (Fsp3) is 0.133. The number of rotatable bonds is 0. The van der Waals surface area contributed by atoms with Crippen LogP contribution in [-0.2, 0) is 0 Å². The third-order valence-electron chi connectivity index (χ3n) is 3.30. The number of para-hydroxylation sites is 1. The minimum atomic E-state index is 1.12. The Bertz CT molecular complexity index is 805. The molecule has 19 heavy (non-hydrogen) atoms. The van der Waals surface area contributed by atoms with Crippen molar-refractivity contribution < 1.29 is 0 Å². The molecule has 0 spiro atoms. The maximum absolute atomic E-state index is 4.65. The molecule has 4 heteroatoms. The van der Waals surface area contributed by atoms with Crippen LogP contribution in [0.1, 0.15) is 10.6 Å². The molecular weight excluding hydrogens is 272 g/mol. The van der Waals surface area contributed by atoms with Crippen molar-refractivity contribution in [2.24, 2.45) is 0 Å². The molecule has 0 fully saturated rings. The number of hydrogen-bond donors (Lipinski definition) is 1. The van der Waals surface area contributed by atoms with Gasteiger partial charge in [0.1, 0.15) is 0 Å². The molecule has 1 aromatic heterocycles. The van der Waals surface area contributed by atoms with Crippen LogP contribution in [0.15, 0.2) is 40.1 Å². The Labute approximate surface area is 119 Å². The Balaban J connectivity index is 2.00. The molecule has 0 atom stereocenters. The molecule has 0 amide bonds. The van der Waals surface area contributed by atoms with E-state index in [-0.39, 0.29) is 0 Å². The van der Waals surface area contributed by atoms with Gasteiger partial charge in [-0.3, -0.25) is 0 Å². The van der Waals surface area contributed by atoms with Crippen LogP contribution in [-0.4, -0.2) is 4.98 Å². The van der Waals surface area contributed by atoms with Gasteiger partial charge in [0.25, 0.3) is 0 Å². The molecule has 0 aliphatic carbocycles. The number of anilines is 2. The molecule has 2 nitrogen and oxygen atoms in total. The van der Waals surface area contributed by atoms with Crippen LogP contribution in [0.3, 0.4) is 0 Å². The first-order valence-electron chi connectivity index (χ1n) is 6.17. The number of aromatic nitrogens is 1. The molecule has 4 rings (SSSR count). The summed E-state index contributed by atoms with van der Waals surface area (Å²) in [6, 6.07) is 10.7. The lowest BCUT2D eigenvalue weighted by atomic mass is 10.2. The van der Waals surface area contributed by atoms with E-state index in [0.717, 1.165) is 10.5 Å². The van der Waals surface area contributed by atoms with Crippen LogP contribution >= 0.6 is 23.1 Å². The predicted molar refractivity (Wildman–Crippen MR) is 82.9 cm³/mol. The van der Waals surface area contributed by atoms with Gasteiger partial charge in [0.05, 0.1) is 26.6 Å². The van der Waals surface area contributed by atoms with E-state index in [1.54, 1.807) is 11.3 Å². The lowest BCUT2D eigenvalue weighted by Crippen LogP contribution is -2.00. The van der Waals surface area contributed by atoms with Gasteiger partial charge in [-0.15, -0.1) is 11.3 Å². The summed E-state index contributed by atoms with van der Waals surface area (Å²) >= 11 is 3.61. The summed E-state index contributed by atoms with van der Waals surface area (Å²) in [5.74, 6) is 0. The second kappa shape index (κ2) is 3.99. The number of benzene rings is 2. The average molecular weight is 284 g/mol. The zero-order chi connectivity index (χ0) is 13.0. The highest BCUT2D eigenvalue weighted by Gasteiger charge is 2.20. The molecule has 0 unspecified atom stereocenters. The van der Waals surface area contributed by atoms with Crippen molar-refractivity contribution in [3.8, 4) is 0 Å². The van der Waals surface area contributed by atoms with Crippen molar-refractivity contribution in [1.29, 1.82) is 0 Å². The Hall–Kier alpha value is -1.52. The van der Waals surface area contributed by atoms with E-state index >= 15 is 0 Å². The minimum absolute atomic E-state index is 1.12. The SMILES string of the molecule is Cc1nc2c(C)cc3c(c2s1)Nc1ccccc1S3. The number of thiazole rings is 1. The van der Waals surface area contributed by atoms with Crippen molar-refractivity contribution >= 4 is 44.7 Å². The van der Waals surface area contributed by atoms with E-state index in [1.165, 1.54) is 31.4 Å². The average Bonchev–Trinajstić information content (AvgIpc) is 2.80.